The lowest BCUT2D eigenvalue weighted by Gasteiger charge is -2.15. The monoisotopic (exact) mass is 345 g/mol. The molecule has 7 heteroatoms. The standard InChI is InChI=1S/C15H23N3O2S.ClH/c1-10(2)14(16)15(20)18-9-13(19)17-8-11-4-6-12(21-3)7-5-11;/h4-7,10,14H,8-9,16H2,1-3H3,(H,17,19)(H,18,20);1H/t14-;/m0./s1. The number of hydrogen-bond donors (Lipinski definition) is 3. The summed E-state index contributed by atoms with van der Waals surface area (Å²) in [5.41, 5.74) is 6.71. The molecule has 0 saturated heterocycles. The first-order chi connectivity index (χ1) is 9.93. The summed E-state index contributed by atoms with van der Waals surface area (Å²) < 4.78 is 0. The molecule has 0 aliphatic carbocycles. The van der Waals surface area contributed by atoms with Gasteiger partial charge in [0, 0.05) is 11.4 Å². The van der Waals surface area contributed by atoms with Crippen LogP contribution in [0.1, 0.15) is 19.4 Å². The second-order valence-corrected chi connectivity index (χ2v) is 5.99. The maximum atomic E-state index is 11.7. The molecular formula is C15H24ClN3O2S. The van der Waals surface area contributed by atoms with Gasteiger partial charge in [0.15, 0.2) is 0 Å². The summed E-state index contributed by atoms with van der Waals surface area (Å²) in [7, 11) is 0. The lowest BCUT2D eigenvalue weighted by atomic mass is 10.1. The number of nitrogens with one attached hydrogen (secondary N) is 2. The predicted octanol–water partition coefficient (Wildman–Crippen LogP) is 1.55. The molecule has 0 fully saturated rings. The third-order valence-electron chi connectivity index (χ3n) is 3.09. The maximum absolute atomic E-state index is 11.7. The van der Waals surface area contributed by atoms with Crippen LogP contribution in [0.3, 0.4) is 0 Å². The Morgan fingerprint density at radius 3 is 2.27 bits per heavy atom. The molecule has 0 radical (unpaired) electrons. The van der Waals surface area contributed by atoms with Gasteiger partial charge in [-0.25, -0.2) is 0 Å². The van der Waals surface area contributed by atoms with Gasteiger partial charge in [-0.05, 0) is 29.9 Å². The Labute approximate surface area is 142 Å². The Balaban J connectivity index is 0.00000441. The summed E-state index contributed by atoms with van der Waals surface area (Å²) in [6.07, 6.45) is 2.02. The van der Waals surface area contributed by atoms with E-state index in [1.54, 1.807) is 11.8 Å². The molecule has 1 aromatic carbocycles. The van der Waals surface area contributed by atoms with Crippen LogP contribution in [0.15, 0.2) is 29.2 Å². The minimum absolute atomic E-state index is 0. The number of nitrogens with two attached hydrogens (primary N) is 1. The minimum Gasteiger partial charge on any atom is -0.350 e. The quantitative estimate of drug-likeness (QED) is 0.654. The van der Waals surface area contributed by atoms with Crippen LogP contribution in [-0.2, 0) is 16.1 Å². The van der Waals surface area contributed by atoms with E-state index >= 15 is 0 Å². The Morgan fingerprint density at radius 1 is 1.18 bits per heavy atom. The van der Waals surface area contributed by atoms with Gasteiger partial charge in [-0.3, -0.25) is 9.59 Å². The van der Waals surface area contributed by atoms with Gasteiger partial charge >= 0.3 is 0 Å². The fourth-order valence-corrected chi connectivity index (χ4v) is 2.00. The number of carbonyl (C=O) groups excluding carboxylic acids is 2. The molecular weight excluding hydrogens is 322 g/mol. The first-order valence-electron chi connectivity index (χ1n) is 6.87. The number of carbonyl (C=O) groups is 2. The van der Waals surface area contributed by atoms with E-state index in [1.165, 1.54) is 4.90 Å². The maximum Gasteiger partial charge on any atom is 0.239 e. The average molecular weight is 346 g/mol. The van der Waals surface area contributed by atoms with Crippen LogP contribution in [0.2, 0.25) is 0 Å². The number of thioether (sulfide) groups is 1. The summed E-state index contributed by atoms with van der Waals surface area (Å²) in [6.45, 7) is 4.12. The van der Waals surface area contributed by atoms with Crippen molar-refractivity contribution in [2.75, 3.05) is 12.8 Å². The highest BCUT2D eigenvalue weighted by Gasteiger charge is 2.17. The molecule has 22 heavy (non-hydrogen) atoms. The summed E-state index contributed by atoms with van der Waals surface area (Å²) in [4.78, 5) is 24.5. The van der Waals surface area contributed by atoms with Gasteiger partial charge in [0.25, 0.3) is 0 Å². The molecule has 0 bridgehead atoms. The molecule has 2 amide bonds. The average Bonchev–Trinajstić information content (AvgIpc) is 2.50. The van der Waals surface area contributed by atoms with Crippen molar-refractivity contribution in [2.24, 2.45) is 11.7 Å². The molecule has 1 rings (SSSR count). The van der Waals surface area contributed by atoms with E-state index in [0.717, 1.165) is 5.56 Å². The molecule has 0 aliphatic heterocycles. The summed E-state index contributed by atoms with van der Waals surface area (Å²) in [5.74, 6) is -0.485. The van der Waals surface area contributed by atoms with Crippen LogP contribution in [0.25, 0.3) is 0 Å². The second kappa shape index (κ2) is 10.5. The third-order valence-corrected chi connectivity index (χ3v) is 3.84. The molecule has 4 N–H and O–H groups in total. The molecule has 1 atom stereocenters. The largest absolute Gasteiger partial charge is 0.350 e. The van der Waals surface area contributed by atoms with Crippen molar-refractivity contribution in [3.8, 4) is 0 Å². The number of rotatable bonds is 7. The SMILES string of the molecule is CSc1ccc(CNC(=O)CNC(=O)[C@@H](N)C(C)C)cc1.Cl. The molecule has 0 aromatic heterocycles. The zero-order valence-corrected chi connectivity index (χ0v) is 14.7. The van der Waals surface area contributed by atoms with Crippen LogP contribution in [0, 0.1) is 5.92 Å². The van der Waals surface area contributed by atoms with E-state index in [-0.39, 0.29) is 36.7 Å². The fourth-order valence-electron chi connectivity index (χ4n) is 1.59. The fraction of sp³-hybridized carbons (Fsp3) is 0.467. The number of hydrogen-bond acceptors (Lipinski definition) is 4. The number of amides is 2. The molecule has 0 heterocycles. The van der Waals surface area contributed by atoms with E-state index in [0.29, 0.717) is 6.54 Å². The van der Waals surface area contributed by atoms with Crippen molar-refractivity contribution in [3.63, 3.8) is 0 Å². The van der Waals surface area contributed by atoms with Gasteiger partial charge < -0.3 is 16.4 Å². The zero-order valence-electron chi connectivity index (χ0n) is 13.1. The van der Waals surface area contributed by atoms with Gasteiger partial charge in [0.05, 0.1) is 12.6 Å². The highest BCUT2D eigenvalue weighted by molar-refractivity contribution is 7.98. The predicted molar refractivity (Wildman–Crippen MR) is 93.1 cm³/mol. The Kier molecular flexibility index (Phi) is 9.89. The van der Waals surface area contributed by atoms with E-state index in [1.807, 2.05) is 44.4 Å². The molecule has 0 spiro atoms. The van der Waals surface area contributed by atoms with E-state index < -0.39 is 6.04 Å². The van der Waals surface area contributed by atoms with Gasteiger partial charge in [-0.1, -0.05) is 26.0 Å². The summed E-state index contributed by atoms with van der Waals surface area (Å²) >= 11 is 1.67. The van der Waals surface area contributed by atoms with Crippen molar-refractivity contribution in [2.45, 2.75) is 31.3 Å². The lowest BCUT2D eigenvalue weighted by molar-refractivity contribution is -0.127. The zero-order chi connectivity index (χ0) is 15.8. The van der Waals surface area contributed by atoms with Crippen molar-refractivity contribution >= 4 is 36.0 Å². The normalized spacial score (nSPS) is 11.5. The van der Waals surface area contributed by atoms with Crippen LogP contribution < -0.4 is 16.4 Å². The second-order valence-electron chi connectivity index (χ2n) is 5.11. The first-order valence-corrected chi connectivity index (χ1v) is 8.09. The number of halogens is 1. The van der Waals surface area contributed by atoms with Crippen molar-refractivity contribution < 1.29 is 9.59 Å². The Bertz CT molecular complexity index is 480. The van der Waals surface area contributed by atoms with Gasteiger partial charge in [-0.2, -0.15) is 0 Å². The highest BCUT2D eigenvalue weighted by Crippen LogP contribution is 2.14. The van der Waals surface area contributed by atoms with E-state index in [4.69, 9.17) is 5.73 Å². The molecule has 0 saturated carbocycles. The highest BCUT2D eigenvalue weighted by atomic mass is 35.5. The summed E-state index contributed by atoms with van der Waals surface area (Å²) in [5, 5.41) is 5.30. The van der Waals surface area contributed by atoms with Crippen LogP contribution in [0.5, 0.6) is 0 Å². The minimum atomic E-state index is -0.586. The van der Waals surface area contributed by atoms with Crippen LogP contribution >= 0.6 is 24.2 Å². The molecule has 0 aliphatic rings. The summed E-state index contributed by atoms with van der Waals surface area (Å²) in [6, 6.07) is 7.38. The molecule has 0 unspecified atom stereocenters. The molecule has 124 valence electrons. The van der Waals surface area contributed by atoms with Crippen molar-refractivity contribution in [3.05, 3.63) is 29.8 Å². The topological polar surface area (TPSA) is 84.2 Å². The first kappa shape index (κ1) is 20.8. The number of benzene rings is 1. The van der Waals surface area contributed by atoms with Gasteiger partial charge in [0.2, 0.25) is 11.8 Å². The van der Waals surface area contributed by atoms with Gasteiger partial charge in [-0.15, -0.1) is 24.2 Å². The lowest BCUT2D eigenvalue weighted by Crippen LogP contribution is -2.47. The van der Waals surface area contributed by atoms with Crippen molar-refractivity contribution in [1.29, 1.82) is 0 Å². The van der Waals surface area contributed by atoms with Crippen molar-refractivity contribution in [1.82, 2.24) is 10.6 Å². The Morgan fingerprint density at radius 2 is 1.77 bits per heavy atom. The Hall–Kier alpha value is -1.24. The third kappa shape index (κ3) is 7.15. The van der Waals surface area contributed by atoms with E-state index in [2.05, 4.69) is 10.6 Å². The van der Waals surface area contributed by atoms with Crippen LogP contribution in [-0.4, -0.2) is 30.7 Å². The molecule has 5 nitrogen and oxygen atoms in total. The van der Waals surface area contributed by atoms with Gasteiger partial charge in [0.1, 0.15) is 0 Å². The van der Waals surface area contributed by atoms with Crippen LogP contribution in [0.4, 0.5) is 0 Å². The molecule has 1 aromatic rings. The smallest absolute Gasteiger partial charge is 0.239 e. The van der Waals surface area contributed by atoms with E-state index in [9.17, 15) is 9.59 Å².